The molecule has 0 aliphatic carbocycles. The van der Waals surface area contributed by atoms with Gasteiger partial charge in [-0.25, -0.2) is 9.50 Å². The summed E-state index contributed by atoms with van der Waals surface area (Å²) in [6, 6.07) is 2.99. The Morgan fingerprint density at radius 2 is 1.81 bits per heavy atom. The molecule has 2 heterocycles. The molecule has 3 rings (SSSR count). The van der Waals surface area contributed by atoms with Crippen LogP contribution >= 0.6 is 46.6 Å². The van der Waals surface area contributed by atoms with Crippen molar-refractivity contribution in [2.24, 2.45) is 0 Å². The highest BCUT2D eigenvalue weighted by molar-refractivity contribution is 7.99. The van der Waals surface area contributed by atoms with Gasteiger partial charge in [0.1, 0.15) is 0 Å². The zero-order valence-electron chi connectivity index (χ0n) is 14.1. The monoisotopic (exact) mass is 429 g/mol. The van der Waals surface area contributed by atoms with E-state index in [0.717, 1.165) is 17.0 Å². The lowest BCUT2D eigenvalue weighted by molar-refractivity contribution is -0.113. The third kappa shape index (κ3) is 3.91. The number of anilines is 1. The zero-order valence-corrected chi connectivity index (χ0v) is 17.2. The van der Waals surface area contributed by atoms with Gasteiger partial charge in [-0.2, -0.15) is 4.98 Å². The SMILES string of the molecule is Cc1nc2nc(SCC(=O)Nc3cc(Cl)c(Cl)cc3Cl)nn2c(C)c1C. The maximum atomic E-state index is 12.2. The van der Waals surface area contributed by atoms with Crippen molar-refractivity contribution in [2.45, 2.75) is 25.9 Å². The third-order valence-electron chi connectivity index (χ3n) is 3.86. The minimum atomic E-state index is -0.258. The Bertz CT molecular complexity index is 1020. The summed E-state index contributed by atoms with van der Waals surface area (Å²) in [5, 5.41) is 8.52. The first kappa shape index (κ1) is 19.2. The summed E-state index contributed by atoms with van der Waals surface area (Å²) in [4.78, 5) is 20.9. The quantitative estimate of drug-likeness (QED) is 0.478. The van der Waals surface area contributed by atoms with E-state index in [4.69, 9.17) is 34.8 Å². The van der Waals surface area contributed by atoms with Gasteiger partial charge >= 0.3 is 0 Å². The van der Waals surface area contributed by atoms with Gasteiger partial charge in [0.05, 0.1) is 26.5 Å². The fourth-order valence-corrected chi connectivity index (χ4v) is 3.45. The standard InChI is InChI=1S/C16H14Cl3N5OS/c1-7-8(2)20-15-22-16(23-24(15)9(7)3)26-6-14(25)21-13-5-11(18)10(17)4-12(13)19/h4-5H,6H2,1-3H3,(H,21,25). The number of halogens is 3. The molecule has 6 nitrogen and oxygen atoms in total. The molecule has 3 aromatic rings. The topological polar surface area (TPSA) is 72.2 Å². The van der Waals surface area contributed by atoms with Gasteiger partial charge < -0.3 is 5.32 Å². The van der Waals surface area contributed by atoms with Gasteiger partial charge in [-0.05, 0) is 38.5 Å². The maximum absolute atomic E-state index is 12.2. The van der Waals surface area contributed by atoms with Gasteiger partial charge in [0.25, 0.3) is 5.78 Å². The van der Waals surface area contributed by atoms with E-state index in [-0.39, 0.29) is 11.7 Å². The molecule has 0 aliphatic heterocycles. The van der Waals surface area contributed by atoms with Crippen LogP contribution in [0.15, 0.2) is 17.3 Å². The molecule has 136 valence electrons. The van der Waals surface area contributed by atoms with Crippen LogP contribution in [0.3, 0.4) is 0 Å². The second-order valence-electron chi connectivity index (χ2n) is 5.60. The molecule has 2 aromatic heterocycles. The fourth-order valence-electron chi connectivity index (χ4n) is 2.23. The summed E-state index contributed by atoms with van der Waals surface area (Å²) in [6.07, 6.45) is 0. The molecule has 0 fully saturated rings. The zero-order chi connectivity index (χ0) is 19.0. The van der Waals surface area contributed by atoms with Crippen LogP contribution in [0.4, 0.5) is 5.69 Å². The van der Waals surface area contributed by atoms with Gasteiger partial charge in [0.2, 0.25) is 11.1 Å². The summed E-state index contributed by atoms with van der Waals surface area (Å²) in [7, 11) is 0. The van der Waals surface area contributed by atoms with Crippen molar-refractivity contribution in [2.75, 3.05) is 11.1 Å². The van der Waals surface area contributed by atoms with Crippen LogP contribution < -0.4 is 5.32 Å². The Morgan fingerprint density at radius 1 is 1.12 bits per heavy atom. The van der Waals surface area contributed by atoms with Crippen LogP contribution in [0.25, 0.3) is 5.78 Å². The van der Waals surface area contributed by atoms with Crippen molar-refractivity contribution in [1.29, 1.82) is 0 Å². The van der Waals surface area contributed by atoms with E-state index in [1.807, 2.05) is 20.8 Å². The average Bonchev–Trinajstić information content (AvgIpc) is 2.99. The number of hydrogen-bond acceptors (Lipinski definition) is 5. The molecule has 0 saturated heterocycles. The van der Waals surface area contributed by atoms with Gasteiger partial charge in [-0.3, -0.25) is 4.79 Å². The lowest BCUT2D eigenvalue weighted by Crippen LogP contribution is -2.14. The van der Waals surface area contributed by atoms with Gasteiger partial charge in [-0.15, -0.1) is 5.10 Å². The van der Waals surface area contributed by atoms with Crippen LogP contribution in [0.5, 0.6) is 0 Å². The number of thioether (sulfide) groups is 1. The van der Waals surface area contributed by atoms with Crippen LogP contribution in [-0.4, -0.2) is 31.2 Å². The Kier molecular flexibility index (Phi) is 5.62. The summed E-state index contributed by atoms with van der Waals surface area (Å²) >= 11 is 19.1. The number of carbonyl (C=O) groups is 1. The molecule has 0 radical (unpaired) electrons. The minimum absolute atomic E-state index is 0.116. The number of nitrogens with one attached hydrogen (secondary N) is 1. The molecule has 1 amide bonds. The second-order valence-corrected chi connectivity index (χ2v) is 7.76. The van der Waals surface area contributed by atoms with Crippen LogP contribution in [0.2, 0.25) is 15.1 Å². The molecule has 0 bridgehead atoms. The first-order chi connectivity index (χ1) is 12.3. The summed E-state index contributed by atoms with van der Waals surface area (Å²) in [6.45, 7) is 5.87. The largest absolute Gasteiger partial charge is 0.324 e. The predicted octanol–water partition coefficient (Wildman–Crippen LogP) is 4.74. The van der Waals surface area contributed by atoms with Gasteiger partial charge in [0, 0.05) is 11.4 Å². The number of rotatable bonds is 4. The van der Waals surface area contributed by atoms with Crippen LogP contribution in [0, 0.1) is 20.8 Å². The number of fused-ring (bicyclic) bond motifs is 1. The first-order valence-electron chi connectivity index (χ1n) is 7.54. The number of hydrogen-bond donors (Lipinski definition) is 1. The van der Waals surface area contributed by atoms with Crippen molar-refractivity contribution < 1.29 is 4.79 Å². The number of amides is 1. The van der Waals surface area contributed by atoms with E-state index in [1.165, 1.54) is 23.9 Å². The number of aryl methyl sites for hydroxylation is 2. The van der Waals surface area contributed by atoms with E-state index >= 15 is 0 Å². The highest BCUT2D eigenvalue weighted by Gasteiger charge is 2.14. The van der Waals surface area contributed by atoms with Crippen LogP contribution in [0.1, 0.15) is 17.0 Å². The highest BCUT2D eigenvalue weighted by Crippen LogP contribution is 2.32. The van der Waals surface area contributed by atoms with E-state index in [2.05, 4.69) is 20.4 Å². The Morgan fingerprint density at radius 3 is 2.54 bits per heavy atom. The summed E-state index contributed by atoms with van der Waals surface area (Å²) in [5.74, 6) is 0.372. The molecule has 0 saturated carbocycles. The molecular formula is C16H14Cl3N5OS. The molecule has 1 aromatic carbocycles. The van der Waals surface area contributed by atoms with Gasteiger partial charge in [0.15, 0.2) is 0 Å². The van der Waals surface area contributed by atoms with E-state index in [9.17, 15) is 4.79 Å². The summed E-state index contributed by atoms with van der Waals surface area (Å²) < 4.78 is 1.68. The van der Waals surface area contributed by atoms with Gasteiger partial charge in [-0.1, -0.05) is 46.6 Å². The van der Waals surface area contributed by atoms with Crippen molar-refractivity contribution in [1.82, 2.24) is 19.6 Å². The molecule has 0 unspecified atom stereocenters. The third-order valence-corrected chi connectivity index (χ3v) is 5.73. The average molecular weight is 431 g/mol. The fraction of sp³-hybridized carbons (Fsp3) is 0.250. The number of carbonyl (C=O) groups excluding carboxylic acids is 1. The lowest BCUT2D eigenvalue weighted by Gasteiger charge is -2.08. The molecule has 0 atom stereocenters. The Hall–Kier alpha value is -1.54. The normalized spacial score (nSPS) is 11.2. The van der Waals surface area contributed by atoms with Crippen molar-refractivity contribution in [3.05, 3.63) is 44.2 Å². The molecule has 0 spiro atoms. The first-order valence-corrected chi connectivity index (χ1v) is 9.66. The van der Waals surface area contributed by atoms with Crippen molar-refractivity contribution >= 4 is 63.9 Å². The predicted molar refractivity (Wildman–Crippen MR) is 106 cm³/mol. The number of benzene rings is 1. The lowest BCUT2D eigenvalue weighted by atomic mass is 10.2. The second kappa shape index (κ2) is 7.60. The molecule has 26 heavy (non-hydrogen) atoms. The van der Waals surface area contributed by atoms with E-state index < -0.39 is 0 Å². The van der Waals surface area contributed by atoms with Crippen LogP contribution in [-0.2, 0) is 4.79 Å². The van der Waals surface area contributed by atoms with Crippen molar-refractivity contribution in [3.8, 4) is 0 Å². The number of nitrogens with zero attached hydrogens (tertiary/aromatic N) is 4. The molecule has 0 aliphatic rings. The summed E-state index contributed by atoms with van der Waals surface area (Å²) in [5.41, 5.74) is 3.34. The van der Waals surface area contributed by atoms with Crippen molar-refractivity contribution in [3.63, 3.8) is 0 Å². The minimum Gasteiger partial charge on any atom is -0.324 e. The molecular weight excluding hydrogens is 417 g/mol. The smallest absolute Gasteiger partial charge is 0.253 e. The Balaban J connectivity index is 1.71. The molecule has 10 heteroatoms. The van der Waals surface area contributed by atoms with E-state index in [0.29, 0.717) is 31.7 Å². The van der Waals surface area contributed by atoms with E-state index in [1.54, 1.807) is 4.52 Å². The molecule has 1 N–H and O–H groups in total. The Labute approximate surface area is 169 Å². The number of aromatic nitrogens is 4. The highest BCUT2D eigenvalue weighted by atomic mass is 35.5. The maximum Gasteiger partial charge on any atom is 0.253 e.